The summed E-state index contributed by atoms with van der Waals surface area (Å²) in [5.74, 6) is 0.237. The normalized spacial score (nSPS) is 20.8. The highest BCUT2D eigenvalue weighted by molar-refractivity contribution is 6.98. The van der Waals surface area contributed by atoms with Gasteiger partial charge in [-0.15, -0.1) is 0 Å². The summed E-state index contributed by atoms with van der Waals surface area (Å²) in [6.45, 7) is 12.2. The molecule has 0 aliphatic carbocycles. The Balaban J connectivity index is 1.02. The number of likely N-dealkylation sites (tertiary alicyclic amines) is 1. The number of aromatic nitrogens is 3. The number of benzene rings is 4. The number of pyridine rings is 1. The minimum absolute atomic E-state index is 0.0423. The molecule has 0 saturated carbocycles. The molecule has 4 atom stereocenters. The highest BCUT2D eigenvalue weighted by Crippen LogP contribution is 2.45. The number of piperazine rings is 1. The summed E-state index contributed by atoms with van der Waals surface area (Å²) < 4.78 is 29.6. The molecule has 10 nitrogen and oxygen atoms in total. The number of amides is 1. The van der Waals surface area contributed by atoms with Crippen molar-refractivity contribution in [2.75, 3.05) is 38.2 Å². The Hall–Kier alpha value is -5.14. The smallest absolute Gasteiger partial charge is 0.410 e. The molecular formula is C50H56ClFN6O4Si. The van der Waals surface area contributed by atoms with Gasteiger partial charge in [0.05, 0.1) is 17.5 Å². The summed E-state index contributed by atoms with van der Waals surface area (Å²) in [6.07, 6.45) is 4.67. The molecule has 1 N–H and O–H groups in total. The van der Waals surface area contributed by atoms with Gasteiger partial charge in [0.1, 0.15) is 29.2 Å². The average Bonchev–Trinajstić information content (AvgIpc) is 3.75. The standard InChI is InChI=1S/C50H56ClFN6O4Si/c1-49(2,3)62-48(59)58-34-23-24-35(58)30-57(29-34)46-40-27-53-44(39-21-13-15-33-16-14-22-41(51)42(33)39)43(52)45(40)54-47(55-46)61-31-36-25-32(28-56(36)6)26-50(4,5)63(60,37-17-9-7-10-18-37)38-19-11-8-12-20-38/h7-22,27,32,34-36,60H,23-26,28-31H2,1-6H3/t32-,34?,35?,36-/m0/s1. The van der Waals surface area contributed by atoms with Crippen LogP contribution in [0.2, 0.25) is 10.1 Å². The van der Waals surface area contributed by atoms with E-state index in [2.05, 4.69) is 55.0 Å². The Bertz CT molecular complexity index is 2590. The second-order valence-electron chi connectivity index (χ2n) is 19.4. The fourth-order valence-corrected chi connectivity index (χ4v) is 14.7. The van der Waals surface area contributed by atoms with Crippen LogP contribution in [0.1, 0.15) is 60.3 Å². The fraction of sp³-hybridized carbons (Fsp3) is 0.400. The van der Waals surface area contributed by atoms with Crippen LogP contribution in [0.3, 0.4) is 0 Å². The molecule has 4 aromatic carbocycles. The number of hydrogen-bond donors (Lipinski definition) is 1. The Kier molecular flexibility index (Phi) is 11.5. The van der Waals surface area contributed by atoms with Crippen molar-refractivity contribution < 1.29 is 23.5 Å². The second kappa shape index (κ2) is 16.8. The van der Waals surface area contributed by atoms with E-state index in [1.165, 1.54) is 0 Å². The number of rotatable bonds is 10. The molecule has 9 rings (SSSR count). The van der Waals surface area contributed by atoms with E-state index in [1.54, 1.807) is 12.3 Å². The largest absolute Gasteiger partial charge is 0.462 e. The maximum atomic E-state index is 17.2. The molecule has 0 radical (unpaired) electrons. The molecule has 63 heavy (non-hydrogen) atoms. The molecular weight excluding hydrogens is 831 g/mol. The van der Waals surface area contributed by atoms with Gasteiger partial charge in [-0.25, -0.2) is 9.18 Å². The van der Waals surface area contributed by atoms with Crippen molar-refractivity contribution in [1.29, 1.82) is 0 Å². The Morgan fingerprint density at radius 2 is 1.51 bits per heavy atom. The third-order valence-electron chi connectivity index (χ3n) is 13.5. The molecule has 2 unspecified atom stereocenters. The third kappa shape index (κ3) is 8.15. The van der Waals surface area contributed by atoms with Crippen LogP contribution < -0.4 is 20.0 Å². The first kappa shape index (κ1) is 43.1. The van der Waals surface area contributed by atoms with Gasteiger partial charge in [0.2, 0.25) is 0 Å². The molecule has 2 bridgehead atoms. The summed E-state index contributed by atoms with van der Waals surface area (Å²) in [6, 6.07) is 31.5. The van der Waals surface area contributed by atoms with E-state index < -0.39 is 24.8 Å². The van der Waals surface area contributed by atoms with E-state index in [9.17, 15) is 9.59 Å². The molecule has 3 fully saturated rings. The highest BCUT2D eigenvalue weighted by Gasteiger charge is 2.51. The topological polar surface area (TPSA) is 104 Å². The number of carbonyl (C=O) groups excluding carboxylic acids is 1. The number of nitrogens with zero attached hydrogens (tertiary/aromatic N) is 6. The van der Waals surface area contributed by atoms with E-state index >= 15 is 4.39 Å². The molecule has 13 heteroatoms. The predicted octanol–water partition coefficient (Wildman–Crippen LogP) is 8.85. The maximum Gasteiger partial charge on any atom is 0.410 e. The third-order valence-corrected chi connectivity index (χ3v) is 18.3. The lowest BCUT2D eigenvalue weighted by Crippen LogP contribution is -2.65. The number of likely N-dealkylation sites (N-methyl/N-ethyl adjacent to an activating group) is 1. The number of carbonyl (C=O) groups is 1. The van der Waals surface area contributed by atoms with Crippen LogP contribution in [0.25, 0.3) is 32.9 Å². The number of fused-ring (bicyclic) bond motifs is 4. The van der Waals surface area contributed by atoms with E-state index in [0.717, 1.165) is 48.0 Å². The SMILES string of the molecule is CN1C[C@H](CC(C)(C)[Si](O)(c2ccccc2)c2ccccc2)C[C@H]1COc1nc(N2CC3CCC(C2)N3C(=O)OC(C)(C)C)c2cnc(-c3cccc4cccc(Cl)c34)c(F)c2n1. The van der Waals surface area contributed by atoms with Gasteiger partial charge in [-0.2, -0.15) is 9.97 Å². The van der Waals surface area contributed by atoms with Gasteiger partial charge in [-0.3, -0.25) is 14.8 Å². The lowest BCUT2D eigenvalue weighted by atomic mass is 9.94. The number of ether oxygens (including phenoxy) is 2. The van der Waals surface area contributed by atoms with Crippen LogP contribution in [0.15, 0.2) is 103 Å². The van der Waals surface area contributed by atoms with E-state index in [4.69, 9.17) is 36.0 Å². The Labute approximate surface area is 375 Å². The monoisotopic (exact) mass is 886 g/mol. The molecule has 1 amide bonds. The minimum atomic E-state index is -3.19. The first-order chi connectivity index (χ1) is 30.1. The zero-order chi connectivity index (χ0) is 44.3. The first-order valence-electron chi connectivity index (χ1n) is 22.1. The van der Waals surface area contributed by atoms with Gasteiger partial charge in [-0.1, -0.05) is 116 Å². The van der Waals surface area contributed by atoms with Crippen LogP contribution >= 0.6 is 11.6 Å². The van der Waals surface area contributed by atoms with Crippen LogP contribution in [-0.2, 0) is 4.74 Å². The lowest BCUT2D eigenvalue weighted by Gasteiger charge is -2.42. The van der Waals surface area contributed by atoms with Crippen molar-refractivity contribution in [3.63, 3.8) is 0 Å². The van der Waals surface area contributed by atoms with Crippen molar-refractivity contribution in [3.05, 3.63) is 114 Å². The van der Waals surface area contributed by atoms with Crippen LogP contribution in [-0.4, -0.2) is 101 Å². The number of halogens is 2. The predicted molar refractivity (Wildman–Crippen MR) is 251 cm³/mol. The molecule has 0 spiro atoms. The second-order valence-corrected chi connectivity index (χ2v) is 23.7. The Morgan fingerprint density at radius 1 is 0.873 bits per heavy atom. The summed E-state index contributed by atoms with van der Waals surface area (Å²) in [4.78, 5) is 47.1. The van der Waals surface area contributed by atoms with Gasteiger partial charge in [-0.05, 0) is 86.3 Å². The molecule has 6 aromatic rings. The first-order valence-corrected chi connectivity index (χ1v) is 24.4. The van der Waals surface area contributed by atoms with Crippen molar-refractivity contribution in [1.82, 2.24) is 24.8 Å². The average molecular weight is 888 g/mol. The summed E-state index contributed by atoms with van der Waals surface area (Å²) in [5.41, 5.74) is 0.204. The van der Waals surface area contributed by atoms with Gasteiger partial charge in [0, 0.05) is 47.8 Å². The van der Waals surface area contributed by atoms with Crippen LogP contribution in [0.5, 0.6) is 6.01 Å². The summed E-state index contributed by atoms with van der Waals surface area (Å²) in [7, 11) is -1.08. The molecule has 3 saturated heterocycles. The van der Waals surface area contributed by atoms with Crippen molar-refractivity contribution in [2.45, 2.75) is 89.1 Å². The Morgan fingerprint density at radius 3 is 2.14 bits per heavy atom. The van der Waals surface area contributed by atoms with Crippen molar-refractivity contribution >= 4 is 63.9 Å². The van der Waals surface area contributed by atoms with E-state index in [1.807, 2.05) is 92.4 Å². The van der Waals surface area contributed by atoms with Gasteiger partial charge in [0.25, 0.3) is 8.32 Å². The quantitative estimate of drug-likeness (QED) is 0.135. The van der Waals surface area contributed by atoms with E-state index in [0.29, 0.717) is 52.8 Å². The molecule has 5 heterocycles. The van der Waals surface area contributed by atoms with Crippen molar-refractivity contribution in [3.8, 4) is 17.3 Å². The zero-order valence-electron chi connectivity index (χ0n) is 36.9. The molecule has 3 aliphatic heterocycles. The number of anilines is 1. The summed E-state index contributed by atoms with van der Waals surface area (Å²) >= 11 is 6.72. The van der Waals surface area contributed by atoms with Crippen molar-refractivity contribution in [2.24, 2.45) is 5.92 Å². The van der Waals surface area contributed by atoms with Gasteiger partial charge >= 0.3 is 12.1 Å². The lowest BCUT2D eigenvalue weighted by molar-refractivity contribution is 0.0122. The molecule has 3 aliphatic rings. The van der Waals surface area contributed by atoms with E-state index in [-0.39, 0.29) is 41.4 Å². The summed E-state index contributed by atoms with van der Waals surface area (Å²) in [5, 5.41) is 4.18. The molecule has 328 valence electrons. The number of hydrogen-bond acceptors (Lipinski definition) is 9. The fourth-order valence-electron chi connectivity index (χ4n) is 10.6. The zero-order valence-corrected chi connectivity index (χ0v) is 38.6. The van der Waals surface area contributed by atoms with Crippen LogP contribution in [0.4, 0.5) is 15.0 Å². The minimum Gasteiger partial charge on any atom is -0.462 e. The molecule has 2 aromatic heterocycles. The highest BCUT2D eigenvalue weighted by atomic mass is 35.5. The van der Waals surface area contributed by atoms with Gasteiger partial charge in [0.15, 0.2) is 5.82 Å². The van der Waals surface area contributed by atoms with Crippen LogP contribution in [0, 0.1) is 11.7 Å². The maximum absolute atomic E-state index is 17.2. The van der Waals surface area contributed by atoms with Gasteiger partial charge < -0.3 is 19.2 Å².